The third-order valence-electron chi connectivity index (χ3n) is 1.50. The normalized spacial score (nSPS) is 13.2. The second-order valence-electron chi connectivity index (χ2n) is 2.69. The van der Waals surface area contributed by atoms with E-state index in [4.69, 9.17) is 0 Å². The molecule has 0 heterocycles. The molecule has 16 heavy (non-hydrogen) atoms. The molecule has 90 valence electrons. The molecule has 0 amide bonds. The summed E-state index contributed by atoms with van der Waals surface area (Å²) in [6, 6.07) is 7.24. The number of carbonyl (C=O) groups excluding carboxylic acids is 1. The van der Waals surface area contributed by atoms with Gasteiger partial charge in [0.1, 0.15) is 0 Å². The molecule has 0 aromatic heterocycles. The first-order valence-electron chi connectivity index (χ1n) is 3.89. The molecule has 0 bridgehead atoms. The van der Waals surface area contributed by atoms with E-state index in [-0.39, 0.29) is 4.90 Å². The van der Waals surface area contributed by atoms with Gasteiger partial charge < -0.3 is 4.18 Å². The van der Waals surface area contributed by atoms with Crippen molar-refractivity contribution in [3.05, 3.63) is 30.3 Å². The Hall–Kier alpha value is -0.640. The smallest absolute Gasteiger partial charge is 0.340 e. The van der Waals surface area contributed by atoms with Gasteiger partial charge in [-0.25, -0.2) is 4.79 Å². The fourth-order valence-corrected chi connectivity index (χ4v) is 3.27. The van der Waals surface area contributed by atoms with Crippen LogP contribution >= 0.6 is 21.2 Å². The molecular weight excluding hydrogens is 360 g/mol. The standard InChI is InChI=1S/C8H6F3IO3S/c9-8(10,11)7(13)15-16(12,14)6-4-2-1-3-5-6/h1-5,16H. The molecule has 0 N–H and O–H groups in total. The average molecular weight is 366 g/mol. The highest BCUT2D eigenvalue weighted by Gasteiger charge is 2.43. The summed E-state index contributed by atoms with van der Waals surface area (Å²) < 4.78 is 51.4. The fourth-order valence-electron chi connectivity index (χ4n) is 0.817. The molecule has 0 atom stereocenters. The molecule has 3 nitrogen and oxygen atoms in total. The van der Waals surface area contributed by atoms with Gasteiger partial charge in [0.05, 0.1) is 26.1 Å². The number of hydrogen-bond acceptors (Lipinski definition) is 3. The summed E-state index contributed by atoms with van der Waals surface area (Å²) in [7, 11) is -3.80. The van der Waals surface area contributed by atoms with Gasteiger partial charge in [0, 0.05) is 0 Å². The van der Waals surface area contributed by atoms with Gasteiger partial charge in [-0.3, -0.25) is 0 Å². The van der Waals surface area contributed by atoms with Crippen LogP contribution in [0.3, 0.4) is 0 Å². The van der Waals surface area contributed by atoms with Gasteiger partial charge in [0.2, 0.25) is 0 Å². The monoisotopic (exact) mass is 366 g/mol. The minimum Gasteiger partial charge on any atom is -0.340 e. The third kappa shape index (κ3) is 3.44. The van der Waals surface area contributed by atoms with Gasteiger partial charge in [-0.15, -0.1) is 0 Å². The Morgan fingerprint density at radius 1 is 1.25 bits per heavy atom. The summed E-state index contributed by atoms with van der Waals surface area (Å²) in [6.45, 7) is 0. The topological polar surface area (TPSA) is 43.4 Å². The van der Waals surface area contributed by atoms with E-state index >= 15 is 0 Å². The predicted octanol–water partition coefficient (Wildman–Crippen LogP) is 2.43. The number of halogens is 4. The Bertz CT molecular complexity index is 432. The molecule has 0 saturated heterocycles. The van der Waals surface area contributed by atoms with Crippen LogP contribution in [0.5, 0.6) is 0 Å². The maximum absolute atomic E-state index is 11.9. The number of benzene rings is 1. The van der Waals surface area contributed by atoms with Gasteiger partial charge in [-0.1, -0.05) is 25.6 Å². The minimum atomic E-state index is -5.14. The Labute approximate surface area is 102 Å². The number of carbonyl (C=O) groups is 1. The lowest BCUT2D eigenvalue weighted by Crippen LogP contribution is -2.28. The zero-order valence-electron chi connectivity index (χ0n) is 7.57. The van der Waals surface area contributed by atoms with E-state index in [1.165, 1.54) is 45.5 Å². The Balaban J connectivity index is 2.90. The van der Waals surface area contributed by atoms with Crippen molar-refractivity contribution >= 4 is 34.6 Å². The third-order valence-corrected chi connectivity index (χ3v) is 5.07. The van der Waals surface area contributed by atoms with E-state index in [0.717, 1.165) is 0 Å². The summed E-state index contributed by atoms with van der Waals surface area (Å²) >= 11 is 1.21. The number of hydrogen-bond donors (Lipinski definition) is 1. The van der Waals surface area contributed by atoms with Crippen LogP contribution in [0.2, 0.25) is 0 Å². The molecule has 1 aromatic rings. The first-order valence-corrected chi connectivity index (χ1v) is 8.30. The van der Waals surface area contributed by atoms with E-state index in [1.54, 1.807) is 6.07 Å². The molecule has 0 unspecified atom stereocenters. The maximum atomic E-state index is 11.9. The van der Waals surface area contributed by atoms with Crippen molar-refractivity contribution in [1.29, 1.82) is 0 Å². The van der Waals surface area contributed by atoms with Gasteiger partial charge in [-0.05, 0) is 12.1 Å². The highest BCUT2D eigenvalue weighted by atomic mass is 127. The van der Waals surface area contributed by atoms with E-state index < -0.39 is 19.5 Å². The molecule has 0 saturated carbocycles. The quantitative estimate of drug-likeness (QED) is 0.497. The molecule has 1 rings (SSSR count). The van der Waals surface area contributed by atoms with Crippen molar-refractivity contribution in [2.75, 3.05) is 0 Å². The summed E-state index contributed by atoms with van der Waals surface area (Å²) in [6.07, 6.45) is -5.14. The van der Waals surface area contributed by atoms with Crippen LogP contribution in [-0.4, -0.2) is 16.4 Å². The lowest BCUT2D eigenvalue weighted by molar-refractivity contribution is -0.188. The van der Waals surface area contributed by atoms with Crippen LogP contribution in [0.4, 0.5) is 13.2 Å². The van der Waals surface area contributed by atoms with Crippen LogP contribution in [0.25, 0.3) is 0 Å². The molecule has 0 aliphatic rings. The van der Waals surface area contributed by atoms with Crippen LogP contribution < -0.4 is 0 Å². The second-order valence-corrected chi connectivity index (χ2v) is 8.16. The zero-order chi connectivity index (χ0) is 12.4. The van der Waals surface area contributed by atoms with Crippen LogP contribution in [0, 0.1) is 0 Å². The summed E-state index contributed by atoms with van der Waals surface area (Å²) in [5, 5.41) is 0. The Kier molecular flexibility index (Phi) is 3.94. The van der Waals surface area contributed by atoms with E-state index in [0.29, 0.717) is 0 Å². The highest BCUT2D eigenvalue weighted by Crippen LogP contribution is 2.30. The van der Waals surface area contributed by atoms with E-state index in [9.17, 15) is 22.2 Å². The molecule has 0 aliphatic carbocycles. The fraction of sp³-hybridized carbons (Fsp3) is 0.125. The van der Waals surface area contributed by atoms with Crippen molar-refractivity contribution in [2.24, 2.45) is 0 Å². The predicted molar refractivity (Wildman–Crippen MR) is 60.4 cm³/mol. The highest BCUT2D eigenvalue weighted by molar-refractivity contribution is 14.2. The second kappa shape index (κ2) is 4.70. The van der Waals surface area contributed by atoms with E-state index in [2.05, 4.69) is 4.18 Å². The van der Waals surface area contributed by atoms with Crippen LogP contribution in [0.1, 0.15) is 0 Å². The minimum absolute atomic E-state index is 0.0493. The molecule has 0 radical (unpaired) electrons. The van der Waals surface area contributed by atoms with Crippen molar-refractivity contribution in [1.82, 2.24) is 0 Å². The van der Waals surface area contributed by atoms with Crippen LogP contribution in [-0.2, 0) is 16.4 Å². The zero-order valence-corrected chi connectivity index (χ0v) is 10.6. The van der Waals surface area contributed by atoms with Crippen molar-refractivity contribution in [2.45, 2.75) is 11.1 Å². The van der Waals surface area contributed by atoms with Crippen molar-refractivity contribution in [3.63, 3.8) is 0 Å². The number of thiol groups is 1. The maximum Gasteiger partial charge on any atom is 0.492 e. The molecule has 0 fully saturated rings. The lowest BCUT2D eigenvalue weighted by atomic mass is 10.4. The van der Waals surface area contributed by atoms with Crippen LogP contribution in [0.15, 0.2) is 35.2 Å². The molecule has 0 aliphatic heterocycles. The lowest BCUT2D eigenvalue weighted by Gasteiger charge is -2.22. The summed E-state index contributed by atoms with van der Waals surface area (Å²) in [4.78, 5) is 10.6. The number of rotatable bonds is 2. The first kappa shape index (κ1) is 13.4. The van der Waals surface area contributed by atoms with Crippen molar-refractivity contribution in [3.8, 4) is 0 Å². The largest absolute Gasteiger partial charge is 0.492 e. The molecular formula is C8H6F3IO3S. The van der Waals surface area contributed by atoms with Gasteiger partial charge in [0.15, 0.2) is 0 Å². The average Bonchev–Trinajstić information content (AvgIpc) is 2.17. The molecule has 1 aromatic carbocycles. The van der Waals surface area contributed by atoms with Gasteiger partial charge in [0.25, 0.3) is 0 Å². The Morgan fingerprint density at radius 2 is 1.75 bits per heavy atom. The van der Waals surface area contributed by atoms with E-state index in [1.807, 2.05) is 0 Å². The molecule has 8 heteroatoms. The Morgan fingerprint density at radius 3 is 2.19 bits per heavy atom. The van der Waals surface area contributed by atoms with Crippen molar-refractivity contribution < 1.29 is 26.4 Å². The summed E-state index contributed by atoms with van der Waals surface area (Å²) in [5.74, 6) is -2.45. The first-order chi connectivity index (χ1) is 7.23. The van der Waals surface area contributed by atoms with Gasteiger partial charge in [-0.2, -0.15) is 17.4 Å². The number of alkyl halides is 3. The SMILES string of the molecule is O=C(O[SH](=O)(I)c1ccccc1)C(F)(F)F. The summed E-state index contributed by atoms with van der Waals surface area (Å²) in [5.41, 5.74) is 0. The van der Waals surface area contributed by atoms with Gasteiger partial charge >= 0.3 is 12.1 Å². The molecule has 0 spiro atoms.